The molecule has 232 valence electrons. The molecule has 0 aliphatic carbocycles. The minimum absolute atomic E-state index is 0.122. The van der Waals surface area contributed by atoms with E-state index in [4.69, 9.17) is 21.0 Å². The van der Waals surface area contributed by atoms with Gasteiger partial charge in [0.05, 0.1) is 35.9 Å². The Morgan fingerprint density at radius 3 is 2.60 bits per heavy atom. The Kier molecular flexibility index (Phi) is 7.83. The van der Waals surface area contributed by atoms with Gasteiger partial charge in [-0.05, 0) is 70.0 Å². The van der Waals surface area contributed by atoms with Crippen LogP contribution in [-0.4, -0.2) is 66.9 Å². The molecule has 0 radical (unpaired) electrons. The first kappa shape index (κ1) is 30.6. The number of fused-ring (bicyclic) bond motifs is 5. The van der Waals surface area contributed by atoms with Crippen LogP contribution in [0.15, 0.2) is 67.1 Å². The summed E-state index contributed by atoms with van der Waals surface area (Å²) in [6.45, 7) is 17.5. The standard InChI is InChI=1S/C34H35BrN6O4/c1-33(2,3)45-32(43)41-27(21-44-34(41,4)5)20-40(30(42)17-35)26-11-12-28-24(15-26)19-38-18-23(22-7-9-25(36-6)10-8-22)16-29(38)31-37-13-14-39(28)31/h7-16,18,27H,17,19-21H2,1-5H3/t27-/m1/s1. The number of nitrogens with zero attached hydrogens (tertiary/aromatic N) is 6. The van der Waals surface area contributed by atoms with Crippen molar-refractivity contribution in [3.05, 3.63) is 84.1 Å². The highest BCUT2D eigenvalue weighted by Crippen LogP contribution is 2.37. The maximum atomic E-state index is 13.4. The molecule has 0 bridgehead atoms. The van der Waals surface area contributed by atoms with E-state index < -0.39 is 23.5 Å². The van der Waals surface area contributed by atoms with Gasteiger partial charge in [-0.3, -0.25) is 14.3 Å². The average Bonchev–Trinajstić information content (AvgIpc) is 3.70. The Morgan fingerprint density at radius 1 is 1.16 bits per heavy atom. The molecule has 11 heteroatoms. The first-order chi connectivity index (χ1) is 21.4. The summed E-state index contributed by atoms with van der Waals surface area (Å²) in [5, 5.41) is 0.122. The van der Waals surface area contributed by atoms with Crippen LogP contribution < -0.4 is 4.90 Å². The summed E-state index contributed by atoms with van der Waals surface area (Å²) in [7, 11) is 0. The second-order valence-electron chi connectivity index (χ2n) is 12.7. The number of amides is 2. The van der Waals surface area contributed by atoms with Gasteiger partial charge < -0.3 is 18.9 Å². The number of anilines is 1. The normalized spacial score (nSPS) is 16.6. The first-order valence-corrected chi connectivity index (χ1v) is 15.9. The number of hydrogen-bond donors (Lipinski definition) is 0. The molecule has 1 atom stereocenters. The quantitative estimate of drug-likeness (QED) is 0.148. The molecule has 2 aromatic carbocycles. The van der Waals surface area contributed by atoms with Crippen molar-refractivity contribution in [2.24, 2.45) is 0 Å². The smallest absolute Gasteiger partial charge is 0.412 e. The molecule has 45 heavy (non-hydrogen) atoms. The minimum atomic E-state index is -0.888. The minimum Gasteiger partial charge on any atom is -0.444 e. The van der Waals surface area contributed by atoms with Gasteiger partial charge in [-0.2, -0.15) is 0 Å². The summed E-state index contributed by atoms with van der Waals surface area (Å²) in [5.74, 6) is 0.685. The molecule has 1 fully saturated rings. The van der Waals surface area contributed by atoms with Crippen molar-refractivity contribution < 1.29 is 19.1 Å². The van der Waals surface area contributed by atoms with Gasteiger partial charge in [0.1, 0.15) is 11.3 Å². The molecule has 2 aliphatic rings. The summed E-state index contributed by atoms with van der Waals surface area (Å²) in [4.78, 5) is 38.2. The van der Waals surface area contributed by atoms with Gasteiger partial charge in [-0.15, -0.1) is 0 Å². The highest BCUT2D eigenvalue weighted by Gasteiger charge is 2.46. The lowest BCUT2D eigenvalue weighted by atomic mass is 10.1. The van der Waals surface area contributed by atoms with Gasteiger partial charge in [0.25, 0.3) is 0 Å². The maximum Gasteiger partial charge on any atom is 0.412 e. The van der Waals surface area contributed by atoms with E-state index in [0.29, 0.717) is 12.2 Å². The second kappa shape index (κ2) is 11.5. The Labute approximate surface area is 271 Å². The zero-order valence-electron chi connectivity index (χ0n) is 26.0. The molecular weight excluding hydrogens is 636 g/mol. The van der Waals surface area contributed by atoms with Crippen molar-refractivity contribution in [3.63, 3.8) is 0 Å². The summed E-state index contributed by atoms with van der Waals surface area (Å²) >= 11 is 3.37. The van der Waals surface area contributed by atoms with Gasteiger partial charge in [0, 0.05) is 42.9 Å². The third-order valence-corrected chi connectivity index (χ3v) is 8.52. The predicted octanol–water partition coefficient (Wildman–Crippen LogP) is 7.02. The molecule has 1 saturated heterocycles. The van der Waals surface area contributed by atoms with E-state index in [0.717, 1.165) is 39.6 Å². The van der Waals surface area contributed by atoms with Crippen molar-refractivity contribution in [3.8, 4) is 28.3 Å². The van der Waals surface area contributed by atoms with E-state index in [-0.39, 0.29) is 24.4 Å². The van der Waals surface area contributed by atoms with Gasteiger partial charge in [-0.25, -0.2) is 14.6 Å². The zero-order chi connectivity index (χ0) is 32.1. The van der Waals surface area contributed by atoms with Gasteiger partial charge in [0.15, 0.2) is 11.5 Å². The highest BCUT2D eigenvalue weighted by molar-refractivity contribution is 9.09. The van der Waals surface area contributed by atoms with Crippen molar-refractivity contribution in [2.75, 3.05) is 23.4 Å². The fourth-order valence-electron chi connectivity index (χ4n) is 6.02. The molecule has 0 N–H and O–H groups in total. The van der Waals surface area contributed by atoms with E-state index in [9.17, 15) is 9.59 Å². The van der Waals surface area contributed by atoms with Crippen LogP contribution in [0.3, 0.4) is 0 Å². The molecule has 0 unspecified atom stereocenters. The van der Waals surface area contributed by atoms with Crippen LogP contribution in [-0.2, 0) is 20.8 Å². The fourth-order valence-corrected chi connectivity index (χ4v) is 6.32. The van der Waals surface area contributed by atoms with Crippen molar-refractivity contribution in [2.45, 2.75) is 58.5 Å². The number of rotatable bonds is 5. The molecule has 0 spiro atoms. The van der Waals surface area contributed by atoms with Crippen LogP contribution in [0, 0.1) is 6.57 Å². The van der Waals surface area contributed by atoms with Crippen LogP contribution in [0.1, 0.15) is 40.2 Å². The van der Waals surface area contributed by atoms with Crippen LogP contribution in [0.4, 0.5) is 16.2 Å². The highest BCUT2D eigenvalue weighted by atomic mass is 79.9. The lowest BCUT2D eigenvalue weighted by Crippen LogP contribution is -2.53. The van der Waals surface area contributed by atoms with Crippen LogP contribution in [0.5, 0.6) is 0 Å². The van der Waals surface area contributed by atoms with Crippen molar-refractivity contribution in [1.82, 2.24) is 19.0 Å². The summed E-state index contributed by atoms with van der Waals surface area (Å²) < 4.78 is 16.0. The molecule has 6 rings (SSSR count). The van der Waals surface area contributed by atoms with Gasteiger partial charge in [-0.1, -0.05) is 40.2 Å². The third-order valence-electron chi connectivity index (χ3n) is 8.04. The SMILES string of the molecule is [C-]#[N+]c1ccc(-c2cc3n(c2)Cc2cc(N(C[C@@H]4COC(C)(C)N4C(=O)OC(C)(C)C)C(=O)CBr)ccc2-n2ccnc2-3)cc1. The molecule has 2 aromatic heterocycles. The molecule has 2 aliphatic heterocycles. The van der Waals surface area contributed by atoms with E-state index in [1.165, 1.54) is 0 Å². The number of benzene rings is 2. The lowest BCUT2D eigenvalue weighted by Gasteiger charge is -2.36. The molecule has 4 aromatic rings. The van der Waals surface area contributed by atoms with E-state index in [1.807, 2.05) is 83.3 Å². The largest absolute Gasteiger partial charge is 0.444 e. The summed E-state index contributed by atoms with van der Waals surface area (Å²) in [6, 6.07) is 15.3. The topological polar surface area (TPSA) is 86.2 Å². The number of alkyl halides is 1. The van der Waals surface area contributed by atoms with Crippen molar-refractivity contribution in [1.29, 1.82) is 0 Å². The predicted molar refractivity (Wildman–Crippen MR) is 176 cm³/mol. The molecule has 2 amide bonds. The number of carbonyl (C=O) groups is 2. The van der Waals surface area contributed by atoms with Crippen LogP contribution in [0.25, 0.3) is 33.2 Å². The Balaban J connectivity index is 1.35. The van der Waals surface area contributed by atoms with Crippen LogP contribution >= 0.6 is 15.9 Å². The third kappa shape index (κ3) is 5.88. The Bertz CT molecular complexity index is 1810. The molecular formula is C34H35BrN6O4. The maximum absolute atomic E-state index is 13.4. The van der Waals surface area contributed by atoms with Crippen molar-refractivity contribution >= 4 is 39.3 Å². The Hall–Kier alpha value is -4.40. The molecule has 0 saturated carbocycles. The zero-order valence-corrected chi connectivity index (χ0v) is 27.5. The first-order valence-electron chi connectivity index (χ1n) is 14.8. The number of carbonyl (C=O) groups excluding carboxylic acids is 2. The molecule has 10 nitrogen and oxygen atoms in total. The summed E-state index contributed by atoms with van der Waals surface area (Å²) in [6.07, 6.45) is 5.35. The number of ether oxygens (including phenoxy) is 2. The van der Waals surface area contributed by atoms with E-state index in [1.54, 1.807) is 16.0 Å². The monoisotopic (exact) mass is 670 g/mol. The van der Waals surface area contributed by atoms with E-state index >= 15 is 0 Å². The number of halogens is 1. The molecule has 4 heterocycles. The lowest BCUT2D eigenvalue weighted by molar-refractivity contribution is -0.116. The average molecular weight is 672 g/mol. The number of hydrogen-bond acceptors (Lipinski definition) is 5. The summed E-state index contributed by atoms with van der Waals surface area (Å²) in [5.41, 5.74) is 4.75. The van der Waals surface area contributed by atoms with E-state index in [2.05, 4.69) is 42.2 Å². The van der Waals surface area contributed by atoms with Gasteiger partial charge in [0.2, 0.25) is 5.91 Å². The van der Waals surface area contributed by atoms with Crippen LogP contribution in [0.2, 0.25) is 0 Å². The number of imidazole rings is 1. The number of aromatic nitrogens is 3. The fraction of sp³-hybridized carbons (Fsp3) is 0.353. The van der Waals surface area contributed by atoms with Gasteiger partial charge >= 0.3 is 6.09 Å². The second-order valence-corrected chi connectivity index (χ2v) is 13.3. The Morgan fingerprint density at radius 2 is 1.91 bits per heavy atom.